The van der Waals surface area contributed by atoms with Crippen molar-refractivity contribution in [1.29, 1.82) is 0 Å². The van der Waals surface area contributed by atoms with E-state index in [9.17, 15) is 0 Å². The van der Waals surface area contributed by atoms with Crippen LogP contribution < -0.4 is 0 Å². The van der Waals surface area contributed by atoms with Gasteiger partial charge in [-0.05, 0) is 38.2 Å². The summed E-state index contributed by atoms with van der Waals surface area (Å²) in [4.78, 5) is 6.29. The lowest BCUT2D eigenvalue weighted by Crippen LogP contribution is -2.54. The lowest BCUT2D eigenvalue weighted by Gasteiger charge is -2.49. The molecule has 0 spiro atoms. The van der Waals surface area contributed by atoms with E-state index in [1.165, 1.54) is 11.1 Å². The van der Waals surface area contributed by atoms with Gasteiger partial charge in [0.25, 0.3) is 0 Å². The quantitative estimate of drug-likeness (QED) is 0.734. The molecule has 1 fully saturated rings. The average molecular weight is 273 g/mol. The number of hydroxylamine groups is 2. The Balaban J connectivity index is 2.13. The number of rotatable bonds is 4. The maximum absolute atomic E-state index is 6.29. The van der Waals surface area contributed by atoms with Crippen LogP contribution in [0, 0.1) is 5.92 Å². The molecule has 1 aromatic carbocycles. The topological polar surface area (TPSA) is 12.5 Å². The Morgan fingerprint density at radius 2 is 2.05 bits per heavy atom. The van der Waals surface area contributed by atoms with Crippen LogP contribution in [0.1, 0.15) is 52.2 Å². The van der Waals surface area contributed by atoms with Crippen LogP contribution in [0.15, 0.2) is 42.5 Å². The van der Waals surface area contributed by atoms with Crippen molar-refractivity contribution in [3.8, 4) is 0 Å². The molecule has 1 aromatic rings. The number of piperidine rings is 1. The van der Waals surface area contributed by atoms with Gasteiger partial charge in [0.15, 0.2) is 0 Å². The first-order valence-corrected chi connectivity index (χ1v) is 7.66. The first kappa shape index (κ1) is 15.3. The lowest BCUT2D eigenvalue weighted by molar-refractivity contribution is -0.264. The van der Waals surface area contributed by atoms with Crippen LogP contribution in [0.4, 0.5) is 0 Å². The molecule has 110 valence electrons. The number of benzene rings is 1. The van der Waals surface area contributed by atoms with E-state index in [1.54, 1.807) is 0 Å². The highest BCUT2D eigenvalue weighted by molar-refractivity contribution is 5.17. The summed E-state index contributed by atoms with van der Waals surface area (Å²) in [5.41, 5.74) is 2.61. The molecule has 3 atom stereocenters. The van der Waals surface area contributed by atoms with Gasteiger partial charge in [0.05, 0.1) is 0 Å². The van der Waals surface area contributed by atoms with E-state index >= 15 is 0 Å². The SMILES string of the molecule is C=C1CCN(OC(C)c2ccccc2)C(C)(CC)C1C. The summed E-state index contributed by atoms with van der Waals surface area (Å²) in [7, 11) is 0. The van der Waals surface area contributed by atoms with E-state index in [0.29, 0.717) is 5.92 Å². The molecule has 1 aliphatic heterocycles. The molecule has 20 heavy (non-hydrogen) atoms. The number of hydrogen-bond acceptors (Lipinski definition) is 2. The van der Waals surface area contributed by atoms with Gasteiger partial charge in [-0.1, -0.05) is 56.3 Å². The summed E-state index contributed by atoms with van der Waals surface area (Å²) in [5.74, 6) is 0.462. The third-order valence-electron chi connectivity index (χ3n) is 5.02. The fraction of sp³-hybridized carbons (Fsp3) is 0.556. The first-order valence-electron chi connectivity index (χ1n) is 7.66. The summed E-state index contributed by atoms with van der Waals surface area (Å²) < 4.78 is 0. The molecule has 0 bridgehead atoms. The predicted octanol–water partition coefficient (Wildman–Crippen LogP) is 4.75. The third kappa shape index (κ3) is 2.82. The number of hydrogen-bond donors (Lipinski definition) is 0. The van der Waals surface area contributed by atoms with Gasteiger partial charge in [-0.3, -0.25) is 4.84 Å². The molecule has 0 N–H and O–H groups in total. The van der Waals surface area contributed by atoms with Crippen molar-refractivity contribution in [2.75, 3.05) is 6.54 Å². The van der Waals surface area contributed by atoms with Crippen LogP contribution in [0.25, 0.3) is 0 Å². The van der Waals surface area contributed by atoms with E-state index in [0.717, 1.165) is 19.4 Å². The largest absolute Gasteiger partial charge is 0.291 e. The average Bonchev–Trinajstić information content (AvgIpc) is 2.48. The minimum absolute atomic E-state index is 0.0401. The monoisotopic (exact) mass is 273 g/mol. The van der Waals surface area contributed by atoms with Crippen molar-refractivity contribution < 1.29 is 4.84 Å². The Hall–Kier alpha value is -1.12. The lowest BCUT2D eigenvalue weighted by atomic mass is 9.76. The molecule has 2 rings (SSSR count). The summed E-state index contributed by atoms with van der Waals surface area (Å²) in [5, 5.41) is 2.20. The molecule has 0 saturated carbocycles. The van der Waals surface area contributed by atoms with Crippen molar-refractivity contribution in [3.63, 3.8) is 0 Å². The van der Waals surface area contributed by atoms with Gasteiger partial charge in [0.1, 0.15) is 6.10 Å². The van der Waals surface area contributed by atoms with Gasteiger partial charge in [0.2, 0.25) is 0 Å². The van der Waals surface area contributed by atoms with Gasteiger partial charge in [-0.15, -0.1) is 0 Å². The first-order chi connectivity index (χ1) is 9.49. The van der Waals surface area contributed by atoms with E-state index in [1.807, 2.05) is 6.07 Å². The molecule has 0 aromatic heterocycles. The Labute approximate surface area is 123 Å². The molecule has 0 aliphatic carbocycles. The van der Waals surface area contributed by atoms with Gasteiger partial charge in [-0.2, -0.15) is 5.06 Å². The van der Waals surface area contributed by atoms with Crippen molar-refractivity contribution in [1.82, 2.24) is 5.06 Å². The van der Waals surface area contributed by atoms with Crippen molar-refractivity contribution in [2.24, 2.45) is 5.92 Å². The Morgan fingerprint density at radius 1 is 1.40 bits per heavy atom. The molecule has 2 nitrogen and oxygen atoms in total. The van der Waals surface area contributed by atoms with E-state index in [-0.39, 0.29) is 11.6 Å². The zero-order valence-corrected chi connectivity index (χ0v) is 13.2. The fourth-order valence-corrected chi connectivity index (χ4v) is 3.00. The van der Waals surface area contributed by atoms with Crippen LogP contribution >= 0.6 is 0 Å². The van der Waals surface area contributed by atoms with Crippen LogP contribution in [-0.2, 0) is 4.84 Å². The summed E-state index contributed by atoms with van der Waals surface area (Å²) >= 11 is 0. The molecule has 0 amide bonds. The number of nitrogens with zero attached hydrogens (tertiary/aromatic N) is 1. The maximum atomic E-state index is 6.29. The van der Waals surface area contributed by atoms with Crippen molar-refractivity contribution in [3.05, 3.63) is 48.0 Å². The standard InChI is InChI=1S/C18H27NO/c1-6-18(5)15(3)14(2)12-13-19(18)20-16(4)17-10-8-7-9-11-17/h7-11,15-16H,2,6,12-13H2,1,3-5H3. The second-order valence-electron chi connectivity index (χ2n) is 6.10. The van der Waals surface area contributed by atoms with E-state index in [2.05, 4.69) is 63.6 Å². The second kappa shape index (κ2) is 6.11. The molecule has 3 unspecified atom stereocenters. The van der Waals surface area contributed by atoms with Gasteiger partial charge >= 0.3 is 0 Å². The van der Waals surface area contributed by atoms with Crippen LogP contribution in [0.5, 0.6) is 0 Å². The minimum atomic E-state index is 0.0401. The Bertz CT molecular complexity index is 456. The van der Waals surface area contributed by atoms with Gasteiger partial charge < -0.3 is 0 Å². The molecular formula is C18H27NO. The summed E-state index contributed by atoms with van der Waals surface area (Å²) in [6.07, 6.45) is 2.17. The van der Waals surface area contributed by atoms with Crippen LogP contribution in [0.3, 0.4) is 0 Å². The zero-order valence-electron chi connectivity index (χ0n) is 13.2. The molecule has 0 radical (unpaired) electrons. The zero-order chi connectivity index (χ0) is 14.8. The Kier molecular flexibility index (Phi) is 4.66. The fourth-order valence-electron chi connectivity index (χ4n) is 3.00. The van der Waals surface area contributed by atoms with Crippen LogP contribution in [0.2, 0.25) is 0 Å². The summed E-state index contributed by atoms with van der Waals surface area (Å²) in [6, 6.07) is 10.4. The smallest absolute Gasteiger partial charge is 0.101 e. The highest BCUT2D eigenvalue weighted by atomic mass is 16.7. The molecule has 1 aliphatic rings. The summed E-state index contributed by atoms with van der Waals surface area (Å²) in [6.45, 7) is 14.1. The predicted molar refractivity (Wildman–Crippen MR) is 84.3 cm³/mol. The van der Waals surface area contributed by atoms with Crippen molar-refractivity contribution in [2.45, 2.75) is 52.2 Å². The second-order valence-corrected chi connectivity index (χ2v) is 6.10. The normalized spacial score (nSPS) is 29.4. The van der Waals surface area contributed by atoms with Crippen molar-refractivity contribution >= 4 is 0 Å². The highest BCUT2D eigenvalue weighted by Gasteiger charge is 2.41. The Morgan fingerprint density at radius 3 is 2.65 bits per heavy atom. The third-order valence-corrected chi connectivity index (χ3v) is 5.02. The molecular weight excluding hydrogens is 246 g/mol. The van der Waals surface area contributed by atoms with Gasteiger partial charge in [0, 0.05) is 12.1 Å². The van der Waals surface area contributed by atoms with Crippen LogP contribution in [-0.4, -0.2) is 17.1 Å². The van der Waals surface area contributed by atoms with Gasteiger partial charge in [-0.25, -0.2) is 0 Å². The molecule has 2 heteroatoms. The minimum Gasteiger partial charge on any atom is -0.291 e. The highest BCUT2D eigenvalue weighted by Crippen LogP contribution is 2.40. The molecule has 1 saturated heterocycles. The van der Waals surface area contributed by atoms with E-state index in [4.69, 9.17) is 4.84 Å². The molecule has 1 heterocycles. The maximum Gasteiger partial charge on any atom is 0.101 e. The van der Waals surface area contributed by atoms with E-state index < -0.39 is 0 Å².